The number of nitro benzene ring substituents is 1. The zero-order valence-electron chi connectivity index (χ0n) is 15.9. The second-order valence-corrected chi connectivity index (χ2v) is 8.16. The molecule has 1 aliphatic rings. The van der Waals surface area contributed by atoms with E-state index >= 15 is 0 Å². The third-order valence-corrected chi connectivity index (χ3v) is 5.96. The van der Waals surface area contributed by atoms with Gasteiger partial charge >= 0.3 is 0 Å². The first kappa shape index (κ1) is 19.2. The fourth-order valence-electron chi connectivity index (χ4n) is 4.01. The lowest BCUT2D eigenvalue weighted by atomic mass is 9.83. The van der Waals surface area contributed by atoms with Crippen molar-refractivity contribution in [1.29, 1.82) is 0 Å². The monoisotopic (exact) mass is 475 g/mol. The third-order valence-electron chi connectivity index (χ3n) is 5.43. The quantitative estimate of drug-likeness (QED) is 0.234. The van der Waals surface area contributed by atoms with Gasteiger partial charge in [-0.2, -0.15) is 0 Å². The molecule has 1 unspecified atom stereocenters. The van der Waals surface area contributed by atoms with Crippen LogP contribution in [0.15, 0.2) is 71.2 Å². The van der Waals surface area contributed by atoms with Gasteiger partial charge in [-0.05, 0) is 35.9 Å². The minimum atomic E-state index is -1.08. The van der Waals surface area contributed by atoms with Crippen molar-refractivity contribution in [2.75, 3.05) is 5.32 Å². The second-order valence-electron chi connectivity index (χ2n) is 7.24. The van der Waals surface area contributed by atoms with Gasteiger partial charge in [-0.1, -0.05) is 40.2 Å². The van der Waals surface area contributed by atoms with E-state index < -0.39 is 16.7 Å². The normalized spacial score (nSPS) is 15.6. The number of ketones is 1. The number of fused-ring (bicyclic) bond motifs is 2. The van der Waals surface area contributed by atoms with Gasteiger partial charge < -0.3 is 10.3 Å². The highest BCUT2D eigenvalue weighted by Gasteiger charge is 2.39. The lowest BCUT2D eigenvalue weighted by Crippen LogP contribution is -2.33. The molecule has 0 radical (unpaired) electrons. The molecule has 7 nitrogen and oxygen atoms in total. The van der Waals surface area contributed by atoms with Gasteiger partial charge in [-0.25, -0.2) is 0 Å². The van der Waals surface area contributed by atoms with Gasteiger partial charge in [0.1, 0.15) is 5.92 Å². The molecule has 4 aromatic rings. The van der Waals surface area contributed by atoms with Gasteiger partial charge in [-0.3, -0.25) is 19.7 Å². The number of benzene rings is 3. The predicted molar refractivity (Wildman–Crippen MR) is 120 cm³/mol. The van der Waals surface area contributed by atoms with Crippen LogP contribution in [-0.2, 0) is 4.79 Å². The number of H-pyrrole nitrogens is 1. The molecular weight excluding hydrogens is 462 g/mol. The van der Waals surface area contributed by atoms with Gasteiger partial charge in [0, 0.05) is 33.1 Å². The SMILES string of the molecule is O=C1Nc2ccccc2C(=O)C1c1c(-c2ccc(Br)cc2)[nH]c2cc([N+](=O)[O-])ccc12. The summed E-state index contributed by atoms with van der Waals surface area (Å²) in [6.45, 7) is 0. The summed E-state index contributed by atoms with van der Waals surface area (Å²) in [4.78, 5) is 40.4. The van der Waals surface area contributed by atoms with Crippen LogP contribution in [0.5, 0.6) is 0 Å². The lowest BCUT2D eigenvalue weighted by molar-refractivity contribution is -0.384. The van der Waals surface area contributed by atoms with E-state index in [1.165, 1.54) is 12.1 Å². The largest absolute Gasteiger partial charge is 0.354 e. The molecule has 0 spiro atoms. The number of Topliss-reactive ketones (excluding diaryl/α,β-unsaturated/α-hetero) is 1. The number of carbonyl (C=O) groups excluding carboxylic acids is 2. The Morgan fingerprint density at radius 2 is 1.71 bits per heavy atom. The van der Waals surface area contributed by atoms with E-state index in [-0.39, 0.29) is 11.5 Å². The minimum absolute atomic E-state index is 0.0765. The summed E-state index contributed by atoms with van der Waals surface area (Å²) in [6, 6.07) is 18.7. The molecular formula is C23H14BrN3O4. The number of amides is 1. The van der Waals surface area contributed by atoms with Crippen molar-refractivity contribution in [1.82, 2.24) is 4.98 Å². The number of hydrogen-bond acceptors (Lipinski definition) is 4. The average Bonchev–Trinajstić information content (AvgIpc) is 3.13. The van der Waals surface area contributed by atoms with Crippen molar-refractivity contribution in [3.63, 3.8) is 0 Å². The molecule has 0 aliphatic carbocycles. The number of halogens is 1. The Balaban J connectivity index is 1.78. The van der Waals surface area contributed by atoms with Gasteiger partial charge in [-0.15, -0.1) is 0 Å². The van der Waals surface area contributed by atoms with E-state index in [0.29, 0.717) is 33.4 Å². The highest BCUT2D eigenvalue weighted by Crippen LogP contribution is 2.41. The maximum atomic E-state index is 13.4. The summed E-state index contributed by atoms with van der Waals surface area (Å²) in [5.41, 5.74) is 3.17. The zero-order chi connectivity index (χ0) is 21.7. The summed E-state index contributed by atoms with van der Waals surface area (Å²) in [6.07, 6.45) is 0. The van der Waals surface area contributed by atoms with Crippen molar-refractivity contribution >= 4 is 49.9 Å². The molecule has 1 aromatic heterocycles. The van der Waals surface area contributed by atoms with E-state index in [2.05, 4.69) is 26.2 Å². The van der Waals surface area contributed by atoms with Crippen LogP contribution in [-0.4, -0.2) is 21.6 Å². The molecule has 0 bridgehead atoms. The molecule has 2 N–H and O–H groups in total. The number of nitrogens with zero attached hydrogens (tertiary/aromatic N) is 1. The molecule has 152 valence electrons. The zero-order valence-corrected chi connectivity index (χ0v) is 17.5. The summed E-state index contributed by atoms with van der Waals surface area (Å²) >= 11 is 3.41. The second kappa shape index (κ2) is 7.17. The number of nitrogens with one attached hydrogen (secondary N) is 2. The van der Waals surface area contributed by atoms with E-state index in [4.69, 9.17) is 0 Å². The summed E-state index contributed by atoms with van der Waals surface area (Å²) in [7, 11) is 0. The summed E-state index contributed by atoms with van der Waals surface area (Å²) in [5, 5.41) is 14.7. The molecule has 0 saturated heterocycles. The molecule has 0 fully saturated rings. The van der Waals surface area contributed by atoms with Crippen LogP contribution in [0.1, 0.15) is 21.8 Å². The highest BCUT2D eigenvalue weighted by atomic mass is 79.9. The fraction of sp³-hybridized carbons (Fsp3) is 0.0435. The van der Waals surface area contributed by atoms with Crippen molar-refractivity contribution in [3.05, 3.63) is 92.4 Å². The van der Waals surface area contributed by atoms with Gasteiger partial charge in [0.25, 0.3) is 5.69 Å². The first-order valence-corrected chi connectivity index (χ1v) is 10.2. The Hall–Kier alpha value is -3.78. The number of hydrogen-bond donors (Lipinski definition) is 2. The molecule has 31 heavy (non-hydrogen) atoms. The molecule has 5 rings (SSSR count). The van der Waals surface area contributed by atoms with Crippen LogP contribution in [0.3, 0.4) is 0 Å². The topological polar surface area (TPSA) is 105 Å². The maximum absolute atomic E-state index is 13.4. The van der Waals surface area contributed by atoms with Crippen LogP contribution in [0.25, 0.3) is 22.2 Å². The third kappa shape index (κ3) is 3.12. The summed E-state index contributed by atoms with van der Waals surface area (Å²) < 4.78 is 0.880. The Bertz CT molecular complexity index is 1390. The van der Waals surface area contributed by atoms with E-state index in [9.17, 15) is 19.7 Å². The number of aromatic amines is 1. The first-order chi connectivity index (χ1) is 14.9. The molecule has 2 heterocycles. The smallest absolute Gasteiger partial charge is 0.271 e. The van der Waals surface area contributed by atoms with Crippen molar-refractivity contribution < 1.29 is 14.5 Å². The highest BCUT2D eigenvalue weighted by molar-refractivity contribution is 9.10. The van der Waals surface area contributed by atoms with E-state index in [0.717, 1.165) is 10.0 Å². The Labute approximate surface area is 184 Å². The standard InChI is InChI=1S/C23H14BrN3O4/c24-13-7-5-12(6-8-13)21-19(15-10-9-14(27(30)31)11-18(15)25-21)20-22(28)16-3-1-2-4-17(16)26-23(20)29/h1-11,20,25H,(H,26,29). The van der Waals surface area contributed by atoms with Crippen molar-refractivity contribution in [2.45, 2.75) is 5.92 Å². The number of carbonyl (C=O) groups is 2. The summed E-state index contributed by atoms with van der Waals surface area (Å²) in [5.74, 6) is -1.82. The van der Waals surface area contributed by atoms with Gasteiger partial charge in [0.15, 0.2) is 5.78 Å². The lowest BCUT2D eigenvalue weighted by Gasteiger charge is -2.24. The van der Waals surface area contributed by atoms with Crippen LogP contribution >= 0.6 is 15.9 Å². The average molecular weight is 476 g/mol. The fourth-order valence-corrected chi connectivity index (χ4v) is 4.28. The number of para-hydroxylation sites is 1. The van der Waals surface area contributed by atoms with Crippen molar-refractivity contribution in [2.24, 2.45) is 0 Å². The van der Waals surface area contributed by atoms with Crippen LogP contribution in [0.4, 0.5) is 11.4 Å². The number of nitro groups is 1. The molecule has 8 heteroatoms. The Kier molecular flexibility index (Phi) is 4.44. The molecule has 1 amide bonds. The van der Waals surface area contributed by atoms with Crippen LogP contribution in [0, 0.1) is 10.1 Å². The Morgan fingerprint density at radius 3 is 2.45 bits per heavy atom. The number of anilines is 1. The predicted octanol–water partition coefficient (Wildman–Crippen LogP) is 5.42. The van der Waals surface area contributed by atoms with Crippen LogP contribution in [0.2, 0.25) is 0 Å². The molecule has 3 aromatic carbocycles. The maximum Gasteiger partial charge on any atom is 0.271 e. The molecule has 0 saturated carbocycles. The number of rotatable bonds is 3. The number of non-ortho nitro benzene ring substituents is 1. The minimum Gasteiger partial charge on any atom is -0.354 e. The van der Waals surface area contributed by atoms with E-state index in [1.807, 2.05) is 24.3 Å². The Morgan fingerprint density at radius 1 is 0.968 bits per heavy atom. The molecule has 1 aliphatic heterocycles. The van der Waals surface area contributed by atoms with Crippen LogP contribution < -0.4 is 5.32 Å². The number of aromatic nitrogens is 1. The first-order valence-electron chi connectivity index (χ1n) is 9.44. The van der Waals surface area contributed by atoms with E-state index in [1.54, 1.807) is 30.3 Å². The molecule has 1 atom stereocenters. The van der Waals surface area contributed by atoms with Gasteiger partial charge in [0.2, 0.25) is 5.91 Å². The van der Waals surface area contributed by atoms with Gasteiger partial charge in [0.05, 0.1) is 21.8 Å². The van der Waals surface area contributed by atoms with Crippen molar-refractivity contribution in [3.8, 4) is 11.3 Å².